The van der Waals surface area contributed by atoms with Crippen molar-refractivity contribution in [2.24, 2.45) is 0 Å². The Balaban J connectivity index is 1.36. The van der Waals surface area contributed by atoms with Crippen LogP contribution in [0.5, 0.6) is 0 Å². The summed E-state index contributed by atoms with van der Waals surface area (Å²) in [6, 6.07) is 21.0. The fourth-order valence-corrected chi connectivity index (χ4v) is 5.67. The summed E-state index contributed by atoms with van der Waals surface area (Å²) in [5.41, 5.74) is 4.46. The fourth-order valence-electron chi connectivity index (χ4n) is 4.26. The third kappa shape index (κ3) is 5.58. The van der Waals surface area contributed by atoms with Crippen LogP contribution in [0.25, 0.3) is 5.69 Å². The highest BCUT2D eigenvalue weighted by Gasteiger charge is 2.25. The number of halogens is 2. The van der Waals surface area contributed by atoms with E-state index in [0.717, 1.165) is 27.8 Å². The fraction of sp³-hybridized carbons (Fsp3) is 0.185. The zero-order chi connectivity index (χ0) is 25.9. The van der Waals surface area contributed by atoms with Gasteiger partial charge in [0.2, 0.25) is 5.91 Å². The van der Waals surface area contributed by atoms with E-state index < -0.39 is 0 Å². The monoisotopic (exact) mass is 595 g/mol. The minimum atomic E-state index is -0.317. The van der Waals surface area contributed by atoms with Gasteiger partial charge < -0.3 is 10.2 Å². The lowest BCUT2D eigenvalue weighted by Gasteiger charge is -2.17. The maximum Gasteiger partial charge on any atom is 0.253 e. The van der Waals surface area contributed by atoms with Crippen LogP contribution >= 0.6 is 39.3 Å². The number of para-hydroxylation sites is 1. The van der Waals surface area contributed by atoms with E-state index in [1.165, 1.54) is 17.3 Å². The smallest absolute Gasteiger partial charge is 0.253 e. The standard InChI is InChI=1S/C27H23BrClN5O2S/c1-17-5-4-7-20(13-17)34-24(15-30-26(36)21-14-19(28)9-10-22(21)29)31-32-27(34)37-16-25(35)33-12-11-18-6-2-3-8-23(18)33/h2-10,13-14H,11-12,15-16H2,1H3,(H,30,36). The molecule has 37 heavy (non-hydrogen) atoms. The van der Waals surface area contributed by atoms with E-state index in [0.29, 0.717) is 28.1 Å². The largest absolute Gasteiger partial charge is 0.345 e. The molecule has 1 N–H and O–H groups in total. The van der Waals surface area contributed by atoms with E-state index >= 15 is 0 Å². The molecule has 1 aliphatic rings. The van der Waals surface area contributed by atoms with Crippen LogP contribution in [-0.4, -0.2) is 38.9 Å². The minimum Gasteiger partial charge on any atom is -0.345 e. The first-order chi connectivity index (χ1) is 17.9. The first kappa shape index (κ1) is 25.5. The number of nitrogens with zero attached hydrogens (tertiary/aromatic N) is 4. The number of hydrogen-bond donors (Lipinski definition) is 1. The number of aryl methyl sites for hydroxylation is 1. The number of amides is 2. The van der Waals surface area contributed by atoms with Crippen LogP contribution in [0.3, 0.4) is 0 Å². The number of carbonyl (C=O) groups is 2. The van der Waals surface area contributed by atoms with Gasteiger partial charge in [0, 0.05) is 22.4 Å². The maximum atomic E-state index is 13.1. The lowest BCUT2D eigenvalue weighted by atomic mass is 10.2. The second-order valence-corrected chi connectivity index (χ2v) is 10.9. The summed E-state index contributed by atoms with van der Waals surface area (Å²) in [5, 5.41) is 12.5. The summed E-state index contributed by atoms with van der Waals surface area (Å²) < 4.78 is 2.64. The molecule has 0 saturated carbocycles. The number of hydrogen-bond acceptors (Lipinski definition) is 5. The molecule has 2 heterocycles. The van der Waals surface area contributed by atoms with E-state index in [1.54, 1.807) is 18.2 Å². The van der Waals surface area contributed by atoms with Crippen molar-refractivity contribution < 1.29 is 9.59 Å². The Morgan fingerprint density at radius 3 is 2.76 bits per heavy atom. The highest BCUT2D eigenvalue weighted by molar-refractivity contribution is 9.10. The highest BCUT2D eigenvalue weighted by atomic mass is 79.9. The molecule has 0 aliphatic carbocycles. The molecule has 0 atom stereocenters. The van der Waals surface area contributed by atoms with Crippen molar-refractivity contribution in [1.29, 1.82) is 0 Å². The Morgan fingerprint density at radius 2 is 1.92 bits per heavy atom. The number of benzene rings is 3. The zero-order valence-electron chi connectivity index (χ0n) is 19.9. The van der Waals surface area contributed by atoms with E-state index in [4.69, 9.17) is 11.6 Å². The van der Waals surface area contributed by atoms with Gasteiger partial charge in [-0.1, -0.05) is 69.6 Å². The number of thioether (sulfide) groups is 1. The molecule has 0 radical (unpaired) electrons. The zero-order valence-corrected chi connectivity index (χ0v) is 23.1. The van der Waals surface area contributed by atoms with Gasteiger partial charge in [0.05, 0.1) is 22.9 Å². The molecule has 0 saturated heterocycles. The molecule has 1 aromatic heterocycles. The maximum absolute atomic E-state index is 13.1. The molecule has 0 spiro atoms. The normalized spacial score (nSPS) is 12.5. The first-order valence-corrected chi connectivity index (χ1v) is 13.8. The lowest BCUT2D eigenvalue weighted by molar-refractivity contribution is -0.116. The second kappa shape index (κ2) is 11.1. The molecule has 2 amide bonds. The quantitative estimate of drug-likeness (QED) is 0.281. The van der Waals surface area contributed by atoms with Crippen molar-refractivity contribution in [3.05, 3.63) is 98.7 Å². The van der Waals surface area contributed by atoms with E-state index in [2.05, 4.69) is 37.5 Å². The summed E-state index contributed by atoms with van der Waals surface area (Å²) in [6.07, 6.45) is 0.859. The topological polar surface area (TPSA) is 80.1 Å². The molecular formula is C27H23BrClN5O2S. The molecule has 3 aromatic carbocycles. The van der Waals surface area contributed by atoms with Crippen molar-refractivity contribution in [2.45, 2.75) is 25.0 Å². The predicted molar refractivity (Wildman–Crippen MR) is 150 cm³/mol. The Hall–Kier alpha value is -3.14. The average Bonchev–Trinajstić information content (AvgIpc) is 3.51. The third-order valence-corrected chi connectivity index (χ3v) is 7.79. The van der Waals surface area contributed by atoms with Gasteiger partial charge in [-0.05, 0) is 60.9 Å². The Kier molecular flexibility index (Phi) is 7.64. The molecule has 7 nitrogen and oxygen atoms in total. The number of rotatable bonds is 7. The third-order valence-electron chi connectivity index (χ3n) is 6.05. The summed E-state index contributed by atoms with van der Waals surface area (Å²) in [4.78, 5) is 27.8. The molecule has 5 rings (SSSR count). The molecular weight excluding hydrogens is 574 g/mol. The van der Waals surface area contributed by atoms with Crippen molar-refractivity contribution in [2.75, 3.05) is 17.2 Å². The van der Waals surface area contributed by atoms with Crippen LogP contribution in [0.1, 0.15) is 27.3 Å². The molecule has 188 valence electrons. The Labute approximate surface area is 232 Å². The molecule has 0 unspecified atom stereocenters. The van der Waals surface area contributed by atoms with E-state index in [1.807, 2.05) is 58.9 Å². The van der Waals surface area contributed by atoms with Crippen molar-refractivity contribution in [3.8, 4) is 5.69 Å². The second-order valence-electron chi connectivity index (χ2n) is 8.59. The van der Waals surface area contributed by atoms with Gasteiger partial charge in [-0.3, -0.25) is 14.2 Å². The number of carbonyl (C=O) groups excluding carboxylic acids is 2. The molecule has 10 heteroatoms. The van der Waals surface area contributed by atoms with Crippen molar-refractivity contribution in [3.63, 3.8) is 0 Å². The van der Waals surface area contributed by atoms with E-state index in [9.17, 15) is 9.59 Å². The minimum absolute atomic E-state index is 0.0212. The highest BCUT2D eigenvalue weighted by Crippen LogP contribution is 2.29. The lowest BCUT2D eigenvalue weighted by Crippen LogP contribution is -2.30. The first-order valence-electron chi connectivity index (χ1n) is 11.7. The van der Waals surface area contributed by atoms with Gasteiger partial charge in [0.25, 0.3) is 5.91 Å². The average molecular weight is 597 g/mol. The van der Waals surface area contributed by atoms with Crippen LogP contribution in [0.4, 0.5) is 5.69 Å². The molecule has 1 aliphatic heterocycles. The van der Waals surface area contributed by atoms with Gasteiger partial charge in [0.1, 0.15) is 0 Å². The number of anilines is 1. The number of fused-ring (bicyclic) bond motifs is 1. The predicted octanol–water partition coefficient (Wildman–Crippen LogP) is 5.60. The van der Waals surface area contributed by atoms with Crippen LogP contribution in [0, 0.1) is 6.92 Å². The van der Waals surface area contributed by atoms with Crippen LogP contribution in [-0.2, 0) is 17.8 Å². The van der Waals surface area contributed by atoms with Gasteiger partial charge in [0.15, 0.2) is 11.0 Å². The van der Waals surface area contributed by atoms with Crippen LogP contribution in [0.15, 0.2) is 76.4 Å². The van der Waals surface area contributed by atoms with Crippen molar-refractivity contribution in [1.82, 2.24) is 20.1 Å². The van der Waals surface area contributed by atoms with Gasteiger partial charge in [-0.25, -0.2) is 0 Å². The summed E-state index contributed by atoms with van der Waals surface area (Å²) in [5.74, 6) is 0.472. The number of aromatic nitrogens is 3. The summed E-state index contributed by atoms with van der Waals surface area (Å²) >= 11 is 10.9. The van der Waals surface area contributed by atoms with Gasteiger partial charge >= 0.3 is 0 Å². The summed E-state index contributed by atoms with van der Waals surface area (Å²) in [6.45, 7) is 2.82. The SMILES string of the molecule is Cc1cccc(-n2c(CNC(=O)c3cc(Br)ccc3Cl)nnc2SCC(=O)N2CCc3ccccc32)c1. The van der Waals surface area contributed by atoms with Crippen LogP contribution < -0.4 is 10.2 Å². The number of nitrogens with one attached hydrogen (secondary N) is 1. The Morgan fingerprint density at radius 1 is 1.08 bits per heavy atom. The Bertz CT molecular complexity index is 1490. The van der Waals surface area contributed by atoms with Crippen molar-refractivity contribution >= 4 is 56.8 Å². The van der Waals surface area contributed by atoms with E-state index in [-0.39, 0.29) is 24.1 Å². The molecule has 0 bridgehead atoms. The molecule has 0 fully saturated rings. The summed E-state index contributed by atoms with van der Waals surface area (Å²) in [7, 11) is 0. The van der Waals surface area contributed by atoms with Gasteiger partial charge in [-0.2, -0.15) is 0 Å². The van der Waals surface area contributed by atoms with Crippen LogP contribution in [0.2, 0.25) is 5.02 Å². The molecule has 4 aromatic rings. The van der Waals surface area contributed by atoms with Gasteiger partial charge in [-0.15, -0.1) is 10.2 Å².